The van der Waals surface area contributed by atoms with E-state index in [-0.39, 0.29) is 12.5 Å². The number of carbonyl (C=O) groups is 1. The summed E-state index contributed by atoms with van der Waals surface area (Å²) in [5, 5.41) is 0. The summed E-state index contributed by atoms with van der Waals surface area (Å²) >= 11 is 0. The Morgan fingerprint density at radius 3 is 1.58 bits per heavy atom. The van der Waals surface area contributed by atoms with Crippen molar-refractivity contribution >= 4 is 25.8 Å². The maximum Gasteiger partial charge on any atom is 0.517 e. The Hall–Kier alpha value is -1.31. The molecule has 14 heteroatoms. The third kappa shape index (κ3) is 3.68. The standard InChI is InChI=1S/C10H11F6NO5S2/c1-8(2)4-6(3-7(18)5-8)17(23(19,20)9(11,12)13)24(21,22)10(14,15)16/h3H,4-5H2,1-2H3. The summed E-state index contributed by atoms with van der Waals surface area (Å²) in [6, 6.07) is 0. The van der Waals surface area contributed by atoms with Crippen LogP contribution in [0.2, 0.25) is 0 Å². The SMILES string of the molecule is CC1(C)CC(=O)C=C(N(S(=O)(=O)C(F)(F)F)S(=O)(=O)C(F)(F)F)C1. The molecule has 0 heterocycles. The molecular weight excluding hydrogens is 392 g/mol. The van der Waals surface area contributed by atoms with E-state index >= 15 is 0 Å². The zero-order chi connectivity index (χ0) is 19.4. The van der Waals surface area contributed by atoms with Gasteiger partial charge < -0.3 is 0 Å². The van der Waals surface area contributed by atoms with Crippen molar-refractivity contribution in [2.45, 2.75) is 37.7 Å². The summed E-state index contributed by atoms with van der Waals surface area (Å²) in [5.41, 5.74) is -15.3. The first kappa shape index (κ1) is 20.7. The zero-order valence-corrected chi connectivity index (χ0v) is 13.7. The second kappa shape index (κ2) is 5.61. The van der Waals surface area contributed by atoms with E-state index < -0.39 is 58.1 Å². The molecule has 0 aliphatic heterocycles. The van der Waals surface area contributed by atoms with Crippen molar-refractivity contribution < 1.29 is 48.0 Å². The molecule has 1 aliphatic rings. The Labute approximate surface area is 133 Å². The molecule has 0 bridgehead atoms. The van der Waals surface area contributed by atoms with E-state index in [1.807, 2.05) is 0 Å². The van der Waals surface area contributed by atoms with Crippen molar-refractivity contribution in [3.8, 4) is 0 Å². The number of hydrogen-bond acceptors (Lipinski definition) is 5. The third-order valence-corrected chi connectivity index (χ3v) is 6.59. The van der Waals surface area contributed by atoms with E-state index in [2.05, 4.69) is 0 Å². The van der Waals surface area contributed by atoms with Crippen molar-refractivity contribution in [1.29, 1.82) is 0 Å². The fourth-order valence-corrected chi connectivity index (χ4v) is 4.82. The Morgan fingerprint density at radius 2 is 1.29 bits per heavy atom. The fraction of sp³-hybridized carbons (Fsp3) is 0.700. The first-order chi connectivity index (χ1) is 10.3. The van der Waals surface area contributed by atoms with Crippen LogP contribution in [0.1, 0.15) is 26.7 Å². The van der Waals surface area contributed by atoms with Crippen LogP contribution in [0.25, 0.3) is 0 Å². The van der Waals surface area contributed by atoms with Crippen LogP contribution in [0.5, 0.6) is 0 Å². The minimum atomic E-state index is -6.95. The normalized spacial score (nSPS) is 19.8. The van der Waals surface area contributed by atoms with E-state index in [4.69, 9.17) is 0 Å². The highest BCUT2D eigenvalue weighted by Crippen LogP contribution is 2.43. The molecule has 0 amide bonds. The van der Waals surface area contributed by atoms with Crippen LogP contribution in [0.15, 0.2) is 11.8 Å². The van der Waals surface area contributed by atoms with Crippen LogP contribution < -0.4 is 0 Å². The van der Waals surface area contributed by atoms with Crippen LogP contribution in [0, 0.1) is 5.41 Å². The van der Waals surface area contributed by atoms with E-state index in [1.54, 1.807) is 0 Å². The quantitative estimate of drug-likeness (QED) is 0.675. The van der Waals surface area contributed by atoms with Gasteiger partial charge in [0.05, 0.1) is 5.70 Å². The third-order valence-electron chi connectivity index (χ3n) is 2.90. The van der Waals surface area contributed by atoms with Crippen LogP contribution in [0.3, 0.4) is 0 Å². The number of nitrogens with zero attached hydrogens (tertiary/aromatic N) is 1. The average Bonchev–Trinajstić information content (AvgIpc) is 2.21. The van der Waals surface area contributed by atoms with Crippen molar-refractivity contribution in [3.63, 3.8) is 0 Å². The van der Waals surface area contributed by atoms with Gasteiger partial charge in [-0.1, -0.05) is 13.8 Å². The molecule has 24 heavy (non-hydrogen) atoms. The molecule has 0 atom stereocenters. The summed E-state index contributed by atoms with van der Waals surface area (Å²) in [4.78, 5) is 11.5. The van der Waals surface area contributed by atoms with E-state index in [1.165, 1.54) is 13.8 Å². The highest BCUT2D eigenvalue weighted by Gasteiger charge is 2.62. The molecule has 1 aliphatic carbocycles. The molecule has 0 aromatic rings. The molecule has 0 unspecified atom stereocenters. The van der Waals surface area contributed by atoms with Gasteiger partial charge in [-0.05, 0) is 11.8 Å². The van der Waals surface area contributed by atoms with E-state index in [0.29, 0.717) is 0 Å². The predicted octanol–water partition coefficient (Wildman–Crippen LogP) is 2.26. The molecule has 0 saturated heterocycles. The first-order valence-corrected chi connectivity index (χ1v) is 8.87. The maximum atomic E-state index is 12.7. The number of rotatable bonds is 3. The highest BCUT2D eigenvalue weighted by molar-refractivity contribution is 8.05. The van der Waals surface area contributed by atoms with Crippen LogP contribution in [-0.2, 0) is 24.8 Å². The Morgan fingerprint density at radius 1 is 0.917 bits per heavy atom. The monoisotopic (exact) mass is 403 g/mol. The molecule has 0 aromatic carbocycles. The number of hydrogen-bond donors (Lipinski definition) is 0. The molecule has 0 fully saturated rings. The molecule has 0 N–H and O–H groups in total. The van der Waals surface area contributed by atoms with E-state index in [0.717, 1.165) is 0 Å². The van der Waals surface area contributed by atoms with Gasteiger partial charge in [-0.3, -0.25) is 4.79 Å². The maximum absolute atomic E-state index is 12.7. The highest BCUT2D eigenvalue weighted by atomic mass is 32.3. The summed E-state index contributed by atoms with van der Waals surface area (Å²) in [5.74, 6) is -0.999. The smallest absolute Gasteiger partial charge is 0.295 e. The largest absolute Gasteiger partial charge is 0.517 e. The van der Waals surface area contributed by atoms with E-state index in [9.17, 15) is 48.0 Å². The number of sulfonamides is 2. The number of carbonyl (C=O) groups excluding carboxylic acids is 1. The van der Waals surface area contributed by atoms with Gasteiger partial charge >= 0.3 is 31.1 Å². The Kier molecular flexibility index (Phi) is 4.84. The van der Waals surface area contributed by atoms with Crippen LogP contribution in [-0.4, -0.2) is 37.3 Å². The minimum Gasteiger partial charge on any atom is -0.295 e. The van der Waals surface area contributed by atoms with Crippen molar-refractivity contribution in [2.75, 3.05) is 0 Å². The number of alkyl halides is 6. The molecule has 1 rings (SSSR count). The molecule has 0 aromatic heterocycles. The van der Waals surface area contributed by atoms with Crippen molar-refractivity contribution in [3.05, 3.63) is 11.8 Å². The molecule has 6 nitrogen and oxygen atoms in total. The first-order valence-electron chi connectivity index (χ1n) is 5.99. The predicted molar refractivity (Wildman–Crippen MR) is 67.9 cm³/mol. The summed E-state index contributed by atoms with van der Waals surface area (Å²) in [7, 11) is -13.9. The molecule has 0 saturated carbocycles. The Balaban J connectivity index is 3.75. The molecule has 0 spiro atoms. The van der Waals surface area contributed by atoms with Gasteiger partial charge in [0.15, 0.2) is 5.78 Å². The zero-order valence-electron chi connectivity index (χ0n) is 12.1. The van der Waals surface area contributed by atoms with Gasteiger partial charge in [0, 0.05) is 12.5 Å². The molecule has 0 radical (unpaired) electrons. The lowest BCUT2D eigenvalue weighted by atomic mass is 9.79. The lowest BCUT2D eigenvalue weighted by Crippen LogP contribution is -2.49. The molecule has 140 valence electrons. The van der Waals surface area contributed by atoms with Crippen molar-refractivity contribution in [1.82, 2.24) is 3.71 Å². The summed E-state index contributed by atoms with van der Waals surface area (Å²) in [6.45, 7) is 2.52. The van der Waals surface area contributed by atoms with Gasteiger partial charge in [-0.2, -0.15) is 46.9 Å². The summed E-state index contributed by atoms with van der Waals surface area (Å²) < 4.78 is 120. The summed E-state index contributed by atoms with van der Waals surface area (Å²) in [6.07, 6.45) is -0.941. The van der Waals surface area contributed by atoms with Crippen LogP contribution in [0.4, 0.5) is 26.3 Å². The number of halogens is 6. The Bertz CT molecular complexity index is 732. The van der Waals surface area contributed by atoms with Gasteiger partial charge in [-0.15, -0.1) is 0 Å². The second-order valence-electron chi connectivity index (χ2n) is 5.72. The van der Waals surface area contributed by atoms with Gasteiger partial charge in [0.25, 0.3) is 0 Å². The molecular formula is C10H11F6NO5S2. The number of ketones is 1. The van der Waals surface area contributed by atoms with Gasteiger partial charge in [0.1, 0.15) is 0 Å². The van der Waals surface area contributed by atoms with Crippen molar-refractivity contribution in [2.24, 2.45) is 5.41 Å². The van der Waals surface area contributed by atoms with Crippen LogP contribution >= 0.6 is 0 Å². The minimum absolute atomic E-state index is 0.165. The lowest BCUT2D eigenvalue weighted by Gasteiger charge is -2.34. The second-order valence-corrected chi connectivity index (χ2v) is 9.51. The average molecular weight is 403 g/mol. The fourth-order valence-electron chi connectivity index (χ4n) is 2.06. The number of allylic oxidation sites excluding steroid dienone is 2. The van der Waals surface area contributed by atoms with Gasteiger partial charge in [-0.25, -0.2) is 0 Å². The topological polar surface area (TPSA) is 88.6 Å². The lowest BCUT2D eigenvalue weighted by molar-refractivity contribution is -0.117. The van der Waals surface area contributed by atoms with Gasteiger partial charge in [0.2, 0.25) is 0 Å².